The first-order valence-electron chi connectivity index (χ1n) is 6.49. The molecule has 0 unspecified atom stereocenters. The molecule has 19 heavy (non-hydrogen) atoms. The van der Waals surface area contributed by atoms with Crippen LogP contribution in [0.15, 0.2) is 16.8 Å². The van der Waals surface area contributed by atoms with Crippen LogP contribution in [0, 0.1) is 0 Å². The maximum Gasteiger partial charge on any atom is 0.244 e. The molecular formula is C13H19ClN2O2S. The Labute approximate surface area is 122 Å². The minimum Gasteiger partial charge on any atom is -0.386 e. The molecule has 1 aromatic heterocycles. The van der Waals surface area contributed by atoms with Gasteiger partial charge in [-0.3, -0.25) is 4.79 Å². The predicted octanol–water partition coefficient (Wildman–Crippen LogP) is 2.25. The zero-order valence-corrected chi connectivity index (χ0v) is 12.5. The highest BCUT2D eigenvalue weighted by atomic mass is 35.5. The van der Waals surface area contributed by atoms with Crippen LogP contribution >= 0.6 is 23.1 Å². The Morgan fingerprint density at radius 1 is 1.47 bits per heavy atom. The number of carbonyl (C=O) groups is 1. The quantitative estimate of drug-likeness (QED) is 0.868. The highest BCUT2D eigenvalue weighted by molar-refractivity contribution is 7.07. The molecule has 0 aliphatic carbocycles. The van der Waals surface area contributed by atoms with Crippen LogP contribution in [0.2, 0.25) is 0 Å². The third-order valence-corrected chi connectivity index (χ3v) is 4.40. The van der Waals surface area contributed by atoms with Gasteiger partial charge in [0.05, 0.1) is 0 Å². The van der Waals surface area contributed by atoms with E-state index in [1.54, 1.807) is 7.05 Å². The third-order valence-electron chi connectivity index (χ3n) is 3.49. The van der Waals surface area contributed by atoms with Crippen molar-refractivity contribution in [1.82, 2.24) is 9.32 Å². The summed E-state index contributed by atoms with van der Waals surface area (Å²) in [6, 6.07) is 1.10. The number of rotatable bonds is 4. The largest absolute Gasteiger partial charge is 0.386 e. The molecule has 1 aromatic rings. The minimum absolute atomic E-state index is 0.0871. The SMILES string of the molecule is CN(Cl)[C@@H](C(=O)N1CCCCC1)[C@@H](O)c1ccsc1. The standard InChI is InChI=1S/C13H19ClN2O2S/c1-15(14)11(12(17)10-5-8-19-9-10)13(18)16-6-3-2-4-7-16/h5,8-9,11-12,17H,2-4,6-7H2,1H3/t11-,12+/m1/s1. The molecule has 0 aromatic carbocycles. The van der Waals surface area contributed by atoms with E-state index in [0.717, 1.165) is 37.9 Å². The van der Waals surface area contributed by atoms with Gasteiger partial charge in [-0.2, -0.15) is 11.3 Å². The molecule has 1 N–H and O–H groups in total. The average Bonchev–Trinajstić information content (AvgIpc) is 2.93. The first-order valence-corrected chi connectivity index (χ1v) is 7.77. The van der Waals surface area contributed by atoms with E-state index in [0.29, 0.717) is 0 Å². The lowest BCUT2D eigenvalue weighted by molar-refractivity contribution is -0.139. The Morgan fingerprint density at radius 3 is 2.68 bits per heavy atom. The fourth-order valence-electron chi connectivity index (χ4n) is 2.41. The second-order valence-electron chi connectivity index (χ2n) is 4.86. The molecule has 6 heteroatoms. The second kappa shape index (κ2) is 6.70. The topological polar surface area (TPSA) is 43.8 Å². The molecule has 1 fully saturated rings. The molecule has 2 rings (SSSR count). The lowest BCUT2D eigenvalue weighted by Gasteiger charge is -2.34. The summed E-state index contributed by atoms with van der Waals surface area (Å²) in [5.41, 5.74) is 0.743. The molecular weight excluding hydrogens is 284 g/mol. The van der Waals surface area contributed by atoms with Gasteiger partial charge in [0.1, 0.15) is 12.1 Å². The molecule has 0 radical (unpaired) electrons. The van der Waals surface area contributed by atoms with E-state index in [9.17, 15) is 9.90 Å². The fraction of sp³-hybridized carbons (Fsp3) is 0.615. The summed E-state index contributed by atoms with van der Waals surface area (Å²) in [6.45, 7) is 1.52. The van der Waals surface area contributed by atoms with Gasteiger partial charge in [-0.1, -0.05) is 0 Å². The molecule has 106 valence electrons. The van der Waals surface area contributed by atoms with E-state index in [1.165, 1.54) is 15.8 Å². The normalized spacial score (nSPS) is 19.5. The first kappa shape index (κ1) is 14.8. The van der Waals surface area contributed by atoms with Crippen molar-refractivity contribution in [1.29, 1.82) is 0 Å². The predicted molar refractivity (Wildman–Crippen MR) is 77.1 cm³/mol. The smallest absolute Gasteiger partial charge is 0.244 e. The van der Waals surface area contributed by atoms with Crippen molar-refractivity contribution >= 4 is 29.0 Å². The maximum absolute atomic E-state index is 12.5. The zero-order chi connectivity index (χ0) is 13.8. The van der Waals surface area contributed by atoms with Crippen molar-refractivity contribution in [2.45, 2.75) is 31.4 Å². The van der Waals surface area contributed by atoms with Crippen molar-refractivity contribution in [3.8, 4) is 0 Å². The molecule has 0 bridgehead atoms. The van der Waals surface area contributed by atoms with Crippen LogP contribution in [0.25, 0.3) is 0 Å². The van der Waals surface area contributed by atoms with Gasteiger partial charge in [0.15, 0.2) is 0 Å². The fourth-order valence-corrected chi connectivity index (χ4v) is 3.29. The Bertz CT molecular complexity index is 405. The van der Waals surface area contributed by atoms with Gasteiger partial charge in [-0.05, 0) is 53.4 Å². The summed E-state index contributed by atoms with van der Waals surface area (Å²) < 4.78 is 1.29. The first-order chi connectivity index (χ1) is 9.11. The summed E-state index contributed by atoms with van der Waals surface area (Å²) in [7, 11) is 1.61. The van der Waals surface area contributed by atoms with Gasteiger partial charge in [0.25, 0.3) is 0 Å². The minimum atomic E-state index is -0.886. The Hall–Kier alpha value is -0.620. The van der Waals surface area contributed by atoms with Crippen molar-refractivity contribution in [2.75, 3.05) is 20.1 Å². The number of nitrogens with zero attached hydrogens (tertiary/aromatic N) is 2. The molecule has 1 aliphatic heterocycles. The summed E-state index contributed by atoms with van der Waals surface area (Å²) in [5.74, 6) is -0.0871. The van der Waals surface area contributed by atoms with Crippen LogP contribution in [-0.2, 0) is 4.79 Å². The summed E-state index contributed by atoms with van der Waals surface area (Å²) in [4.78, 5) is 14.3. The number of aliphatic hydroxyl groups excluding tert-OH is 1. The molecule has 2 atom stereocenters. The monoisotopic (exact) mass is 302 g/mol. The maximum atomic E-state index is 12.5. The Kier molecular flexibility index (Phi) is 5.21. The van der Waals surface area contributed by atoms with Gasteiger partial charge in [-0.25, -0.2) is 4.42 Å². The lowest BCUT2D eigenvalue weighted by Crippen LogP contribution is -2.49. The number of likely N-dealkylation sites (tertiary alicyclic amines) is 1. The average molecular weight is 303 g/mol. The van der Waals surface area contributed by atoms with Gasteiger partial charge in [0.2, 0.25) is 5.91 Å². The van der Waals surface area contributed by atoms with Crippen LogP contribution in [-0.4, -0.2) is 46.5 Å². The number of hydrogen-bond acceptors (Lipinski definition) is 4. The van der Waals surface area contributed by atoms with E-state index < -0.39 is 12.1 Å². The van der Waals surface area contributed by atoms with E-state index in [-0.39, 0.29) is 5.91 Å². The van der Waals surface area contributed by atoms with Crippen LogP contribution in [0.4, 0.5) is 0 Å². The Balaban J connectivity index is 2.12. The molecule has 0 spiro atoms. The molecule has 1 amide bonds. The highest BCUT2D eigenvalue weighted by Crippen LogP contribution is 2.26. The van der Waals surface area contributed by atoms with E-state index in [1.807, 2.05) is 21.7 Å². The van der Waals surface area contributed by atoms with Crippen molar-refractivity contribution < 1.29 is 9.90 Å². The third kappa shape index (κ3) is 3.48. The molecule has 4 nitrogen and oxygen atoms in total. The van der Waals surface area contributed by atoms with Crippen LogP contribution in [0.1, 0.15) is 30.9 Å². The lowest BCUT2D eigenvalue weighted by atomic mass is 10.0. The zero-order valence-electron chi connectivity index (χ0n) is 11.0. The van der Waals surface area contributed by atoms with Crippen molar-refractivity contribution in [3.05, 3.63) is 22.4 Å². The summed E-state index contributed by atoms with van der Waals surface area (Å²) >= 11 is 7.50. The van der Waals surface area contributed by atoms with Crippen LogP contribution < -0.4 is 0 Å². The number of halogens is 1. The van der Waals surface area contributed by atoms with Crippen LogP contribution in [0.5, 0.6) is 0 Å². The van der Waals surface area contributed by atoms with Gasteiger partial charge in [-0.15, -0.1) is 0 Å². The summed E-state index contributed by atoms with van der Waals surface area (Å²) in [6.07, 6.45) is 2.33. The second-order valence-corrected chi connectivity index (χ2v) is 6.17. The number of thiophene rings is 1. The number of amides is 1. The number of piperidine rings is 1. The molecule has 1 aliphatic rings. The number of aliphatic hydroxyl groups is 1. The number of hydrogen-bond donors (Lipinski definition) is 1. The van der Waals surface area contributed by atoms with Crippen LogP contribution in [0.3, 0.4) is 0 Å². The van der Waals surface area contributed by atoms with E-state index in [4.69, 9.17) is 11.8 Å². The summed E-state index contributed by atoms with van der Waals surface area (Å²) in [5, 5.41) is 14.1. The van der Waals surface area contributed by atoms with Crippen molar-refractivity contribution in [3.63, 3.8) is 0 Å². The highest BCUT2D eigenvalue weighted by Gasteiger charge is 2.35. The molecule has 0 saturated carbocycles. The van der Waals surface area contributed by atoms with Gasteiger partial charge < -0.3 is 10.0 Å². The van der Waals surface area contributed by atoms with E-state index in [2.05, 4.69) is 0 Å². The molecule has 1 saturated heterocycles. The van der Waals surface area contributed by atoms with Gasteiger partial charge >= 0.3 is 0 Å². The van der Waals surface area contributed by atoms with Gasteiger partial charge in [0, 0.05) is 20.1 Å². The van der Waals surface area contributed by atoms with E-state index >= 15 is 0 Å². The number of likely N-dealkylation sites (N-methyl/N-ethyl adjacent to an activating group) is 1. The molecule has 2 heterocycles. The number of carbonyl (C=O) groups excluding carboxylic acids is 1. The Morgan fingerprint density at radius 2 is 2.16 bits per heavy atom. The van der Waals surface area contributed by atoms with Crippen molar-refractivity contribution in [2.24, 2.45) is 0 Å².